The minimum Gasteiger partial charge on any atom is -0.302 e. The Labute approximate surface area is 148 Å². The van der Waals surface area contributed by atoms with Gasteiger partial charge in [0.2, 0.25) is 0 Å². The highest BCUT2D eigenvalue weighted by Gasteiger charge is 2.10. The van der Waals surface area contributed by atoms with Gasteiger partial charge in [-0.2, -0.15) is 5.10 Å². The lowest BCUT2D eigenvalue weighted by Crippen LogP contribution is -2.39. The minimum atomic E-state index is -0.402. The zero-order chi connectivity index (χ0) is 18.4. The van der Waals surface area contributed by atoms with Crippen molar-refractivity contribution in [3.8, 4) is 0 Å². The van der Waals surface area contributed by atoms with Crippen LogP contribution in [-0.2, 0) is 14.1 Å². The van der Waals surface area contributed by atoms with Crippen molar-refractivity contribution in [1.82, 2.24) is 19.2 Å². The third-order valence-electron chi connectivity index (χ3n) is 3.74. The maximum absolute atomic E-state index is 12.6. The van der Waals surface area contributed by atoms with Crippen molar-refractivity contribution in [1.29, 1.82) is 0 Å². The summed E-state index contributed by atoms with van der Waals surface area (Å²) in [7, 11) is 7.02. The van der Waals surface area contributed by atoms with Gasteiger partial charge in [-0.05, 0) is 45.1 Å². The molecule has 140 valence electrons. The topological polar surface area (TPSA) is 60.1 Å². The third-order valence-corrected chi connectivity index (χ3v) is 3.74. The van der Waals surface area contributed by atoms with E-state index in [9.17, 15) is 14.0 Å². The molecule has 1 aromatic heterocycles. The summed E-state index contributed by atoms with van der Waals surface area (Å²) in [6.07, 6.45) is 1.04. The summed E-state index contributed by atoms with van der Waals surface area (Å²) >= 11 is 0. The average molecular weight is 352 g/mol. The highest BCUT2D eigenvalue weighted by molar-refractivity contribution is 5.19. The molecule has 7 heteroatoms. The van der Waals surface area contributed by atoms with Gasteiger partial charge in [0.15, 0.2) is 0 Å². The van der Waals surface area contributed by atoms with Gasteiger partial charge >= 0.3 is 5.69 Å². The zero-order valence-electron chi connectivity index (χ0n) is 15.1. The Kier molecular flexibility index (Phi) is 8.98. The highest BCUT2D eigenvalue weighted by Crippen LogP contribution is 2.21. The second-order valence-corrected chi connectivity index (χ2v) is 5.79. The molecule has 0 fully saturated rings. The van der Waals surface area contributed by atoms with E-state index in [4.69, 9.17) is 0 Å². The monoisotopic (exact) mass is 352 g/mol. The van der Waals surface area contributed by atoms with Gasteiger partial charge in [0, 0.05) is 20.1 Å². The molecule has 25 heavy (non-hydrogen) atoms. The Morgan fingerprint density at radius 1 is 1.16 bits per heavy atom. The molecular formula is C18H29FN4O2. The molecule has 0 spiro atoms. The van der Waals surface area contributed by atoms with Gasteiger partial charge in [0.1, 0.15) is 11.5 Å². The van der Waals surface area contributed by atoms with Crippen LogP contribution in [0.1, 0.15) is 38.1 Å². The van der Waals surface area contributed by atoms with E-state index in [1.54, 1.807) is 6.92 Å². The molecule has 0 bridgehead atoms. The van der Waals surface area contributed by atoms with Crippen LogP contribution in [-0.4, -0.2) is 33.3 Å². The first kappa shape index (κ1) is 22.7. The Bertz CT molecular complexity index is 745. The molecule has 2 aromatic rings. The fraction of sp³-hybridized carbons (Fsp3) is 0.500. The molecule has 0 aliphatic carbocycles. The first-order valence-corrected chi connectivity index (χ1v) is 7.71. The maximum atomic E-state index is 12.6. The SMILES string of the molecule is C.CCC(c1ccc(F)cc1)N(C)C.Cc1nn(C)c(=O)n(C)c1=O. The minimum absolute atomic E-state index is 0. The summed E-state index contributed by atoms with van der Waals surface area (Å²) in [4.78, 5) is 24.2. The molecule has 1 unspecified atom stereocenters. The quantitative estimate of drug-likeness (QED) is 0.850. The summed E-state index contributed by atoms with van der Waals surface area (Å²) in [6, 6.07) is 7.12. The zero-order valence-corrected chi connectivity index (χ0v) is 15.1. The fourth-order valence-electron chi connectivity index (χ4n) is 2.44. The molecule has 1 aromatic carbocycles. The third kappa shape index (κ3) is 5.94. The number of nitrogens with zero attached hydrogens (tertiary/aromatic N) is 4. The van der Waals surface area contributed by atoms with Gasteiger partial charge in [-0.1, -0.05) is 26.5 Å². The highest BCUT2D eigenvalue weighted by atomic mass is 19.1. The second kappa shape index (κ2) is 9.88. The molecule has 0 radical (unpaired) electrons. The van der Waals surface area contributed by atoms with Crippen LogP contribution < -0.4 is 11.2 Å². The summed E-state index contributed by atoms with van der Waals surface area (Å²) in [5, 5.41) is 3.70. The van der Waals surface area contributed by atoms with Crippen molar-refractivity contribution >= 4 is 0 Å². The van der Waals surface area contributed by atoms with E-state index in [1.165, 1.54) is 31.8 Å². The number of halogens is 1. The lowest BCUT2D eigenvalue weighted by Gasteiger charge is -2.23. The molecule has 0 amide bonds. The van der Waals surface area contributed by atoms with Crippen LogP contribution in [0, 0.1) is 12.7 Å². The van der Waals surface area contributed by atoms with Crippen molar-refractivity contribution in [2.24, 2.45) is 14.1 Å². The Morgan fingerprint density at radius 2 is 1.68 bits per heavy atom. The predicted octanol–water partition coefficient (Wildman–Crippen LogP) is 2.26. The summed E-state index contributed by atoms with van der Waals surface area (Å²) in [5.74, 6) is -0.169. The second-order valence-electron chi connectivity index (χ2n) is 5.79. The number of hydrogen-bond acceptors (Lipinski definition) is 4. The molecule has 0 N–H and O–H groups in total. The molecule has 0 saturated carbocycles. The lowest BCUT2D eigenvalue weighted by molar-refractivity contribution is 0.292. The van der Waals surface area contributed by atoms with Crippen LogP contribution in [0.25, 0.3) is 0 Å². The molecule has 2 rings (SSSR count). The van der Waals surface area contributed by atoms with E-state index in [-0.39, 0.29) is 18.8 Å². The van der Waals surface area contributed by atoms with Crippen LogP contribution in [0.2, 0.25) is 0 Å². The van der Waals surface area contributed by atoms with E-state index in [1.807, 2.05) is 26.2 Å². The standard InChI is InChI=1S/C11H16FN.C6H9N3O2.CH4/c1-4-11(13(2)3)9-5-7-10(12)8-6-9;1-4-5(10)8(2)6(11)9(3)7-4;/h5-8,11H,4H2,1-3H3;1-3H3;1H4. The van der Waals surface area contributed by atoms with E-state index in [0.29, 0.717) is 11.7 Å². The molecule has 1 atom stereocenters. The predicted molar refractivity (Wildman–Crippen MR) is 99.3 cm³/mol. The summed E-state index contributed by atoms with van der Waals surface area (Å²) < 4.78 is 14.8. The smallest absolute Gasteiger partial charge is 0.302 e. The number of hydrogen-bond donors (Lipinski definition) is 0. The first-order chi connectivity index (χ1) is 11.2. The molecule has 0 saturated heterocycles. The van der Waals surface area contributed by atoms with E-state index in [0.717, 1.165) is 15.7 Å². The first-order valence-electron chi connectivity index (χ1n) is 7.71. The fourth-order valence-corrected chi connectivity index (χ4v) is 2.44. The van der Waals surface area contributed by atoms with Gasteiger partial charge in [-0.3, -0.25) is 9.36 Å². The van der Waals surface area contributed by atoms with Crippen LogP contribution in [0.3, 0.4) is 0 Å². The van der Waals surface area contributed by atoms with E-state index < -0.39 is 5.69 Å². The normalized spacial score (nSPS) is 11.4. The van der Waals surface area contributed by atoms with E-state index >= 15 is 0 Å². The number of aryl methyl sites for hydroxylation is 2. The summed E-state index contributed by atoms with van der Waals surface area (Å²) in [6.45, 7) is 3.70. The molecule has 1 heterocycles. The van der Waals surface area contributed by atoms with Gasteiger partial charge in [-0.15, -0.1) is 0 Å². The van der Waals surface area contributed by atoms with Crippen molar-refractivity contribution in [3.05, 3.63) is 62.2 Å². The van der Waals surface area contributed by atoms with Crippen LogP contribution in [0.15, 0.2) is 33.9 Å². The van der Waals surface area contributed by atoms with Crippen LogP contribution in [0.4, 0.5) is 4.39 Å². The van der Waals surface area contributed by atoms with Crippen molar-refractivity contribution < 1.29 is 4.39 Å². The summed E-state index contributed by atoms with van der Waals surface area (Å²) in [5.41, 5.74) is 0.761. The van der Waals surface area contributed by atoms with Crippen molar-refractivity contribution in [2.75, 3.05) is 14.1 Å². The van der Waals surface area contributed by atoms with Crippen molar-refractivity contribution in [2.45, 2.75) is 33.7 Å². The van der Waals surface area contributed by atoms with Crippen molar-refractivity contribution in [3.63, 3.8) is 0 Å². The lowest BCUT2D eigenvalue weighted by atomic mass is 10.0. The van der Waals surface area contributed by atoms with Gasteiger partial charge < -0.3 is 4.90 Å². The van der Waals surface area contributed by atoms with Gasteiger partial charge in [-0.25, -0.2) is 13.9 Å². The molecular weight excluding hydrogens is 323 g/mol. The molecule has 0 aliphatic rings. The van der Waals surface area contributed by atoms with Crippen LogP contribution in [0.5, 0.6) is 0 Å². The van der Waals surface area contributed by atoms with E-state index in [2.05, 4.69) is 16.9 Å². The number of rotatable bonds is 3. The van der Waals surface area contributed by atoms with Gasteiger partial charge in [0.05, 0.1) is 0 Å². The maximum Gasteiger partial charge on any atom is 0.346 e. The molecule has 6 nitrogen and oxygen atoms in total. The average Bonchev–Trinajstić information content (AvgIpc) is 2.54. The Hall–Kier alpha value is -2.28. The Balaban J connectivity index is 0.000000449. The number of aromatic nitrogens is 3. The van der Waals surface area contributed by atoms with Crippen LogP contribution >= 0.6 is 0 Å². The van der Waals surface area contributed by atoms with Gasteiger partial charge in [0.25, 0.3) is 5.56 Å². The molecule has 0 aliphatic heterocycles. The largest absolute Gasteiger partial charge is 0.346 e. The number of benzene rings is 1. The Morgan fingerprint density at radius 3 is 2.12 bits per heavy atom.